The van der Waals surface area contributed by atoms with E-state index < -0.39 is 10.0 Å². The Balaban J connectivity index is 1.96. The van der Waals surface area contributed by atoms with Crippen molar-refractivity contribution in [3.8, 4) is 0 Å². The molecule has 2 unspecified atom stereocenters. The lowest BCUT2D eigenvalue weighted by atomic mass is 9.85. The van der Waals surface area contributed by atoms with Gasteiger partial charge >= 0.3 is 0 Å². The maximum atomic E-state index is 12.0. The van der Waals surface area contributed by atoms with Gasteiger partial charge in [0.1, 0.15) is 0 Å². The summed E-state index contributed by atoms with van der Waals surface area (Å²) in [6, 6.07) is 0.646. The Morgan fingerprint density at radius 2 is 1.44 bits per heavy atom. The summed E-state index contributed by atoms with van der Waals surface area (Å²) >= 11 is 0. The molecule has 25 heavy (non-hydrogen) atoms. The molecule has 0 N–H and O–H groups in total. The Hall–Kier alpha value is -0.130. The van der Waals surface area contributed by atoms with Crippen molar-refractivity contribution in [3.05, 3.63) is 0 Å². The van der Waals surface area contributed by atoms with Crippen LogP contribution in [-0.2, 0) is 10.0 Å². The van der Waals surface area contributed by atoms with E-state index in [2.05, 4.69) is 25.7 Å². The van der Waals surface area contributed by atoms with Crippen molar-refractivity contribution in [3.63, 3.8) is 0 Å². The van der Waals surface area contributed by atoms with Crippen molar-refractivity contribution >= 4 is 10.0 Å². The normalized spacial score (nSPS) is 27.0. The van der Waals surface area contributed by atoms with Gasteiger partial charge in [0, 0.05) is 30.7 Å². The van der Waals surface area contributed by atoms with Gasteiger partial charge in [-0.2, -0.15) is 4.31 Å². The van der Waals surface area contributed by atoms with E-state index >= 15 is 0 Å². The van der Waals surface area contributed by atoms with Gasteiger partial charge in [-0.05, 0) is 26.2 Å². The molecule has 2 rings (SSSR count). The lowest BCUT2D eigenvalue weighted by molar-refractivity contribution is 0.0410. The molecule has 0 saturated carbocycles. The first-order chi connectivity index (χ1) is 11.8. The van der Waals surface area contributed by atoms with E-state index in [0.717, 1.165) is 13.0 Å². The summed E-state index contributed by atoms with van der Waals surface area (Å²) < 4.78 is 25.7. The first-order valence-electron chi connectivity index (χ1n) is 10.6. The molecule has 2 bridgehead atoms. The van der Waals surface area contributed by atoms with Gasteiger partial charge in [-0.15, -0.1) is 0 Å². The summed E-state index contributed by atoms with van der Waals surface area (Å²) in [5.41, 5.74) is 0.254. The lowest BCUT2D eigenvalue weighted by Crippen LogP contribution is -2.56. The average molecular weight is 373 g/mol. The van der Waals surface area contributed by atoms with Crippen LogP contribution in [0.3, 0.4) is 0 Å². The summed E-state index contributed by atoms with van der Waals surface area (Å²) in [5, 5.41) is 0. The van der Waals surface area contributed by atoms with Gasteiger partial charge < -0.3 is 0 Å². The van der Waals surface area contributed by atoms with Crippen LogP contribution in [0.4, 0.5) is 0 Å². The van der Waals surface area contributed by atoms with Crippen molar-refractivity contribution in [1.82, 2.24) is 9.21 Å². The van der Waals surface area contributed by atoms with Crippen LogP contribution >= 0.6 is 0 Å². The number of rotatable bonds is 12. The molecule has 0 aromatic rings. The average Bonchev–Trinajstić information content (AvgIpc) is 3.15. The predicted octanol–water partition coefficient (Wildman–Crippen LogP) is 4.40. The van der Waals surface area contributed by atoms with E-state index in [1.807, 2.05) is 0 Å². The number of piperazine rings is 1. The maximum Gasteiger partial charge on any atom is 0.211 e. The lowest BCUT2D eigenvalue weighted by Gasteiger charge is -2.46. The highest BCUT2D eigenvalue weighted by Crippen LogP contribution is 2.41. The van der Waals surface area contributed by atoms with Gasteiger partial charge in [0.25, 0.3) is 0 Å². The second-order valence-corrected chi connectivity index (χ2v) is 10.6. The second-order valence-electron chi connectivity index (χ2n) is 8.65. The van der Waals surface area contributed by atoms with E-state index in [4.69, 9.17) is 0 Å². The fourth-order valence-corrected chi connectivity index (χ4v) is 6.11. The number of likely N-dealkylation sites (tertiary alicyclic amines) is 1. The molecular weight excluding hydrogens is 332 g/mol. The minimum atomic E-state index is -3.04. The topological polar surface area (TPSA) is 40.6 Å². The van der Waals surface area contributed by atoms with E-state index in [1.165, 1.54) is 70.5 Å². The zero-order valence-electron chi connectivity index (χ0n) is 17.0. The van der Waals surface area contributed by atoms with Crippen LogP contribution in [-0.4, -0.2) is 54.6 Å². The summed E-state index contributed by atoms with van der Waals surface area (Å²) in [6.07, 6.45) is 15.5. The zero-order valence-corrected chi connectivity index (χ0v) is 17.8. The molecule has 3 atom stereocenters. The Morgan fingerprint density at radius 1 is 0.880 bits per heavy atom. The van der Waals surface area contributed by atoms with Gasteiger partial charge in [0.2, 0.25) is 10.0 Å². The van der Waals surface area contributed by atoms with Crippen LogP contribution < -0.4 is 0 Å². The number of nitrogens with zero attached hydrogens (tertiary/aromatic N) is 2. The third-order valence-electron chi connectivity index (χ3n) is 6.45. The molecular formula is C20H40N2O2S. The SMILES string of the molecule is CCCCCCCC(C)(CCCCC)N1CC2C[C@H]1CN2S(C)(=O)=O. The zero-order chi connectivity index (χ0) is 18.5. The fourth-order valence-electron chi connectivity index (χ4n) is 4.98. The van der Waals surface area contributed by atoms with Gasteiger partial charge in [-0.3, -0.25) is 4.90 Å². The van der Waals surface area contributed by atoms with E-state index in [9.17, 15) is 8.42 Å². The summed E-state index contributed by atoms with van der Waals surface area (Å²) in [6.45, 7) is 8.64. The third-order valence-corrected chi connectivity index (χ3v) is 7.75. The van der Waals surface area contributed by atoms with Crippen LogP contribution in [0.2, 0.25) is 0 Å². The largest absolute Gasteiger partial charge is 0.292 e. The molecule has 2 saturated heterocycles. The van der Waals surface area contributed by atoms with Crippen LogP contribution in [0.15, 0.2) is 0 Å². The van der Waals surface area contributed by atoms with Crippen molar-refractivity contribution in [2.45, 2.75) is 109 Å². The van der Waals surface area contributed by atoms with Crippen molar-refractivity contribution in [1.29, 1.82) is 0 Å². The Morgan fingerprint density at radius 3 is 1.96 bits per heavy atom. The number of sulfonamides is 1. The molecule has 2 aliphatic heterocycles. The Bertz CT molecular complexity index is 508. The quantitative estimate of drug-likeness (QED) is 0.477. The highest BCUT2D eigenvalue weighted by molar-refractivity contribution is 7.88. The fraction of sp³-hybridized carbons (Fsp3) is 1.00. The molecule has 2 aliphatic rings. The van der Waals surface area contributed by atoms with Gasteiger partial charge in [-0.25, -0.2) is 8.42 Å². The Kier molecular flexibility index (Phi) is 7.78. The highest BCUT2D eigenvalue weighted by atomic mass is 32.2. The van der Waals surface area contributed by atoms with Crippen molar-refractivity contribution in [2.75, 3.05) is 19.3 Å². The number of hydrogen-bond acceptors (Lipinski definition) is 3. The standard InChI is InChI=1S/C20H40N2O2S/c1-5-7-9-10-12-14-20(3,13-11-8-6-2)21-16-19-15-18(21)17-22(19)25(4,23)24/h18-19H,5-17H2,1-4H3/t18-,19?,20?/m0/s1. The molecule has 5 heteroatoms. The summed E-state index contributed by atoms with van der Waals surface area (Å²) in [5.74, 6) is 0. The van der Waals surface area contributed by atoms with Gasteiger partial charge in [0.05, 0.1) is 6.26 Å². The Labute approximate surface area is 156 Å². The minimum Gasteiger partial charge on any atom is -0.292 e. The first kappa shape index (κ1) is 21.2. The van der Waals surface area contributed by atoms with Gasteiger partial charge in [-0.1, -0.05) is 65.2 Å². The van der Waals surface area contributed by atoms with Gasteiger partial charge in [0.15, 0.2) is 0 Å². The maximum absolute atomic E-state index is 12.0. The minimum absolute atomic E-state index is 0.214. The molecule has 148 valence electrons. The first-order valence-corrected chi connectivity index (χ1v) is 12.4. The summed E-state index contributed by atoms with van der Waals surface area (Å²) in [7, 11) is -3.04. The molecule has 0 aromatic carbocycles. The molecule has 0 aliphatic carbocycles. The molecule has 4 nitrogen and oxygen atoms in total. The predicted molar refractivity (Wildman–Crippen MR) is 106 cm³/mol. The number of hydrogen-bond donors (Lipinski definition) is 0. The second kappa shape index (κ2) is 9.18. The van der Waals surface area contributed by atoms with Crippen LogP contribution in [0.25, 0.3) is 0 Å². The van der Waals surface area contributed by atoms with E-state index in [1.54, 1.807) is 4.31 Å². The van der Waals surface area contributed by atoms with E-state index in [-0.39, 0.29) is 11.6 Å². The number of unbranched alkanes of at least 4 members (excludes halogenated alkanes) is 6. The monoisotopic (exact) mass is 372 g/mol. The molecule has 0 spiro atoms. The molecule has 2 heterocycles. The number of fused-ring (bicyclic) bond motifs is 2. The third kappa shape index (κ3) is 5.43. The molecule has 0 amide bonds. The summed E-state index contributed by atoms with van der Waals surface area (Å²) in [4.78, 5) is 2.69. The molecule has 0 radical (unpaired) electrons. The van der Waals surface area contributed by atoms with Crippen molar-refractivity contribution < 1.29 is 8.42 Å². The van der Waals surface area contributed by atoms with E-state index in [0.29, 0.717) is 12.6 Å². The van der Waals surface area contributed by atoms with Crippen LogP contribution in [0.1, 0.15) is 91.4 Å². The van der Waals surface area contributed by atoms with Crippen LogP contribution in [0, 0.1) is 0 Å². The van der Waals surface area contributed by atoms with Crippen LogP contribution in [0.5, 0.6) is 0 Å². The van der Waals surface area contributed by atoms with Crippen molar-refractivity contribution in [2.24, 2.45) is 0 Å². The highest BCUT2D eigenvalue weighted by Gasteiger charge is 2.51. The molecule has 2 fully saturated rings. The smallest absolute Gasteiger partial charge is 0.211 e. The molecule has 0 aromatic heterocycles.